The molecule has 0 atom stereocenters. The summed E-state index contributed by atoms with van der Waals surface area (Å²) in [5, 5.41) is 0. The first-order valence-electron chi connectivity index (χ1n) is 5.60. The number of benzene rings is 1. The predicted octanol–water partition coefficient (Wildman–Crippen LogP) is 1.96. The molecule has 0 saturated carbocycles. The average molecular weight is 236 g/mol. The zero-order valence-corrected chi connectivity index (χ0v) is 9.81. The van der Waals surface area contributed by atoms with E-state index in [0.717, 1.165) is 0 Å². The number of anilines is 1. The molecule has 0 saturated heterocycles. The Hall–Kier alpha value is -1.59. The lowest BCUT2D eigenvalue weighted by atomic mass is 10.3. The average Bonchev–Trinajstić information content (AvgIpc) is 2.73. The fourth-order valence-electron chi connectivity index (χ4n) is 1.50. The third kappa shape index (κ3) is 2.95. The van der Waals surface area contributed by atoms with Crippen molar-refractivity contribution in [1.82, 2.24) is 4.98 Å². The van der Waals surface area contributed by atoms with Gasteiger partial charge in [-0.15, -0.1) is 0 Å². The van der Waals surface area contributed by atoms with E-state index < -0.39 is 0 Å². The fraction of sp³-hybridized carbons (Fsp3) is 0.417. The van der Waals surface area contributed by atoms with Crippen molar-refractivity contribution < 1.29 is 13.9 Å². The van der Waals surface area contributed by atoms with Gasteiger partial charge >= 0.3 is 0 Å². The minimum absolute atomic E-state index is 0.335. The molecule has 17 heavy (non-hydrogen) atoms. The van der Waals surface area contributed by atoms with Crippen LogP contribution in [0.2, 0.25) is 0 Å². The summed E-state index contributed by atoms with van der Waals surface area (Å²) in [6.07, 6.45) is 0. The Morgan fingerprint density at radius 2 is 2.12 bits per heavy atom. The fourth-order valence-corrected chi connectivity index (χ4v) is 1.50. The van der Waals surface area contributed by atoms with Crippen LogP contribution in [0.25, 0.3) is 11.1 Å². The lowest BCUT2D eigenvalue weighted by molar-refractivity contribution is 0.0379. The van der Waals surface area contributed by atoms with Crippen molar-refractivity contribution in [2.24, 2.45) is 0 Å². The van der Waals surface area contributed by atoms with E-state index in [-0.39, 0.29) is 0 Å². The van der Waals surface area contributed by atoms with Crippen LogP contribution in [-0.2, 0) is 16.1 Å². The molecule has 0 radical (unpaired) electrons. The second-order valence-electron chi connectivity index (χ2n) is 3.55. The van der Waals surface area contributed by atoms with Crippen LogP contribution in [0.15, 0.2) is 22.6 Å². The first kappa shape index (κ1) is 11.9. The number of nitrogens with zero attached hydrogens (tertiary/aromatic N) is 1. The minimum Gasteiger partial charge on any atom is -0.438 e. The predicted molar refractivity (Wildman–Crippen MR) is 64.6 cm³/mol. The Kier molecular flexibility index (Phi) is 3.95. The molecule has 0 fully saturated rings. The Bertz CT molecular complexity index is 482. The molecule has 5 heteroatoms. The third-order valence-corrected chi connectivity index (χ3v) is 2.30. The molecule has 0 unspecified atom stereocenters. The molecular weight excluding hydrogens is 220 g/mol. The quantitative estimate of drug-likeness (QED) is 0.613. The smallest absolute Gasteiger partial charge is 0.221 e. The molecule has 0 bridgehead atoms. The zero-order valence-electron chi connectivity index (χ0n) is 9.81. The maximum absolute atomic E-state index is 5.78. The number of nitrogen functional groups attached to an aromatic ring is 1. The van der Waals surface area contributed by atoms with Crippen molar-refractivity contribution in [3.8, 4) is 0 Å². The number of ether oxygens (including phenoxy) is 2. The van der Waals surface area contributed by atoms with Crippen LogP contribution in [0.1, 0.15) is 12.8 Å². The summed E-state index contributed by atoms with van der Waals surface area (Å²) in [5.41, 5.74) is 7.78. The van der Waals surface area contributed by atoms with Crippen LogP contribution < -0.4 is 5.73 Å². The number of aromatic nitrogens is 1. The van der Waals surface area contributed by atoms with Crippen molar-refractivity contribution in [3.63, 3.8) is 0 Å². The van der Waals surface area contributed by atoms with Gasteiger partial charge in [-0.2, -0.15) is 0 Å². The molecule has 0 aliphatic rings. The van der Waals surface area contributed by atoms with Gasteiger partial charge in [-0.05, 0) is 19.1 Å². The number of para-hydroxylation sites is 1. The van der Waals surface area contributed by atoms with Gasteiger partial charge in [0.15, 0.2) is 5.58 Å². The van der Waals surface area contributed by atoms with Crippen molar-refractivity contribution in [2.45, 2.75) is 13.5 Å². The van der Waals surface area contributed by atoms with Crippen LogP contribution in [0, 0.1) is 0 Å². The van der Waals surface area contributed by atoms with Crippen LogP contribution >= 0.6 is 0 Å². The monoisotopic (exact) mass is 236 g/mol. The van der Waals surface area contributed by atoms with Crippen LogP contribution in [0.3, 0.4) is 0 Å². The van der Waals surface area contributed by atoms with Crippen LogP contribution in [0.4, 0.5) is 5.69 Å². The van der Waals surface area contributed by atoms with E-state index in [1.807, 2.05) is 19.1 Å². The first-order valence-corrected chi connectivity index (χ1v) is 5.60. The van der Waals surface area contributed by atoms with Crippen molar-refractivity contribution in [1.29, 1.82) is 0 Å². The van der Waals surface area contributed by atoms with Gasteiger partial charge in [0.2, 0.25) is 5.89 Å². The molecule has 2 N–H and O–H groups in total. The lowest BCUT2D eigenvalue weighted by Gasteiger charge is -2.00. The van der Waals surface area contributed by atoms with Crippen molar-refractivity contribution in [3.05, 3.63) is 24.1 Å². The van der Waals surface area contributed by atoms with E-state index in [2.05, 4.69) is 4.98 Å². The SMILES string of the molecule is CCOCCOCc1nc2c(N)cccc2o1. The van der Waals surface area contributed by atoms with Gasteiger partial charge in [0.25, 0.3) is 0 Å². The van der Waals surface area contributed by atoms with Gasteiger partial charge in [0.05, 0.1) is 18.9 Å². The maximum Gasteiger partial charge on any atom is 0.221 e. The van der Waals surface area contributed by atoms with Gasteiger partial charge in [0.1, 0.15) is 12.1 Å². The number of hydrogen-bond donors (Lipinski definition) is 1. The largest absolute Gasteiger partial charge is 0.438 e. The standard InChI is InChI=1S/C12H16N2O3/c1-2-15-6-7-16-8-11-14-12-9(13)4-3-5-10(12)17-11/h3-5H,2,6-8,13H2,1H3. The van der Waals surface area contributed by atoms with Gasteiger partial charge in [-0.25, -0.2) is 4.98 Å². The van der Waals surface area contributed by atoms with E-state index in [4.69, 9.17) is 19.6 Å². The number of hydrogen-bond acceptors (Lipinski definition) is 5. The van der Waals surface area contributed by atoms with Gasteiger partial charge in [-0.3, -0.25) is 0 Å². The summed E-state index contributed by atoms with van der Waals surface area (Å²) in [7, 11) is 0. The molecule has 0 spiro atoms. The van der Waals surface area contributed by atoms with Crippen molar-refractivity contribution >= 4 is 16.8 Å². The molecule has 1 heterocycles. The molecule has 5 nitrogen and oxygen atoms in total. The minimum atomic E-state index is 0.335. The summed E-state index contributed by atoms with van der Waals surface area (Å²) in [5.74, 6) is 0.536. The van der Waals surface area contributed by atoms with E-state index in [1.165, 1.54) is 0 Å². The Morgan fingerprint density at radius 1 is 1.29 bits per heavy atom. The maximum atomic E-state index is 5.78. The highest BCUT2D eigenvalue weighted by Crippen LogP contribution is 2.21. The lowest BCUT2D eigenvalue weighted by Crippen LogP contribution is -2.03. The van der Waals surface area contributed by atoms with E-state index in [0.29, 0.717) is 49.1 Å². The highest BCUT2D eigenvalue weighted by Gasteiger charge is 2.07. The molecule has 0 aliphatic carbocycles. The molecule has 0 amide bonds. The molecule has 2 rings (SSSR count). The van der Waals surface area contributed by atoms with Crippen LogP contribution in [-0.4, -0.2) is 24.8 Å². The van der Waals surface area contributed by atoms with Crippen LogP contribution in [0.5, 0.6) is 0 Å². The number of nitrogens with two attached hydrogens (primary N) is 1. The van der Waals surface area contributed by atoms with Gasteiger partial charge < -0.3 is 19.6 Å². The topological polar surface area (TPSA) is 70.5 Å². The zero-order chi connectivity index (χ0) is 12.1. The van der Waals surface area contributed by atoms with E-state index >= 15 is 0 Å². The van der Waals surface area contributed by atoms with E-state index in [9.17, 15) is 0 Å². The highest BCUT2D eigenvalue weighted by atomic mass is 16.5. The number of oxazole rings is 1. The molecular formula is C12H16N2O3. The van der Waals surface area contributed by atoms with E-state index in [1.54, 1.807) is 6.07 Å². The Balaban J connectivity index is 1.93. The Morgan fingerprint density at radius 3 is 2.88 bits per heavy atom. The molecule has 1 aromatic heterocycles. The summed E-state index contributed by atoms with van der Waals surface area (Å²) < 4.78 is 16.0. The normalized spacial score (nSPS) is 11.1. The second kappa shape index (κ2) is 5.65. The molecule has 0 aliphatic heterocycles. The summed E-state index contributed by atoms with van der Waals surface area (Å²) in [6, 6.07) is 5.47. The number of rotatable bonds is 6. The molecule has 92 valence electrons. The first-order chi connectivity index (χ1) is 8.31. The van der Waals surface area contributed by atoms with Gasteiger partial charge in [-0.1, -0.05) is 6.07 Å². The van der Waals surface area contributed by atoms with Crippen molar-refractivity contribution in [2.75, 3.05) is 25.6 Å². The summed E-state index contributed by atoms with van der Waals surface area (Å²) >= 11 is 0. The summed E-state index contributed by atoms with van der Waals surface area (Å²) in [6.45, 7) is 4.09. The molecule has 1 aromatic carbocycles. The molecule has 2 aromatic rings. The second-order valence-corrected chi connectivity index (χ2v) is 3.55. The van der Waals surface area contributed by atoms with Gasteiger partial charge in [0, 0.05) is 6.61 Å². The summed E-state index contributed by atoms with van der Waals surface area (Å²) in [4.78, 5) is 4.27. The third-order valence-electron chi connectivity index (χ3n) is 2.30. The Labute approximate surface area is 99.5 Å². The number of fused-ring (bicyclic) bond motifs is 1. The highest BCUT2D eigenvalue weighted by molar-refractivity contribution is 5.85.